The summed E-state index contributed by atoms with van der Waals surface area (Å²) in [5, 5.41) is 46.6. The summed E-state index contributed by atoms with van der Waals surface area (Å²) in [7, 11) is 0. The second-order valence-electron chi connectivity index (χ2n) is 19.0. The van der Waals surface area contributed by atoms with Crippen molar-refractivity contribution in [2.75, 3.05) is 0 Å². The van der Waals surface area contributed by atoms with Crippen molar-refractivity contribution >= 4 is 23.9 Å². The Bertz CT molecular complexity index is 1320. The summed E-state index contributed by atoms with van der Waals surface area (Å²) < 4.78 is 22.6. The van der Waals surface area contributed by atoms with E-state index in [1.807, 2.05) is 0 Å². The molecule has 12 heteroatoms. The van der Waals surface area contributed by atoms with Gasteiger partial charge < -0.3 is 58.6 Å². The van der Waals surface area contributed by atoms with Crippen LogP contribution in [0.5, 0.6) is 0 Å². The third-order valence-corrected chi connectivity index (χ3v) is 15.1. The van der Waals surface area contributed by atoms with Crippen LogP contribution in [0.15, 0.2) is 0 Å². The first kappa shape index (κ1) is 39.9. The summed E-state index contributed by atoms with van der Waals surface area (Å²) in [4.78, 5) is 46.6. The molecule has 4 aliphatic carbocycles. The van der Waals surface area contributed by atoms with Gasteiger partial charge in [0.05, 0.1) is 48.8 Å². The fourth-order valence-electron chi connectivity index (χ4n) is 11.6. The summed E-state index contributed by atoms with van der Waals surface area (Å²) in [5.41, 5.74) is -1.91. The van der Waals surface area contributed by atoms with E-state index in [2.05, 4.69) is 13.8 Å². The van der Waals surface area contributed by atoms with Crippen LogP contribution in [0.4, 0.5) is 0 Å². The maximum Gasteiger partial charge on any atom is 0.0844 e. The highest BCUT2D eigenvalue weighted by molar-refractivity contribution is 5.73. The zero-order chi connectivity index (χ0) is 38.4. The minimum absolute atomic E-state index is 0.0913. The van der Waals surface area contributed by atoms with Gasteiger partial charge in [0.2, 0.25) is 0 Å². The third kappa shape index (κ3) is 9.80. The quantitative estimate of drug-likeness (QED) is 0.183. The summed E-state index contributed by atoms with van der Waals surface area (Å²) in [5.74, 6) is -2.18. The number of epoxide rings is 4. The van der Waals surface area contributed by atoms with Crippen LogP contribution in [0.1, 0.15) is 142 Å². The molecule has 54 heavy (non-hydrogen) atoms. The Morgan fingerprint density at radius 3 is 1.20 bits per heavy atom. The molecule has 0 radical (unpaired) electrons. The number of rotatable bonds is 18. The number of hydrogen-bond donors (Lipinski definition) is 0. The molecule has 12 nitrogen and oxygen atoms in total. The lowest BCUT2D eigenvalue weighted by Gasteiger charge is -2.44. The molecule has 4 saturated heterocycles. The van der Waals surface area contributed by atoms with Crippen molar-refractivity contribution in [3.8, 4) is 0 Å². The van der Waals surface area contributed by atoms with E-state index in [-0.39, 0.29) is 36.9 Å². The van der Waals surface area contributed by atoms with Gasteiger partial charge in [-0.1, -0.05) is 13.8 Å². The zero-order valence-electron chi connectivity index (χ0n) is 32.1. The number of carboxylic acid groups (broad SMARTS) is 4. The molecule has 4 aliphatic heterocycles. The van der Waals surface area contributed by atoms with E-state index in [1.54, 1.807) is 0 Å². The minimum atomic E-state index is -1.12. The SMILES string of the molecule is CC1CC2OC2CC1CC(CCCC(=O)[O-])(CC1CC2OC2CC1C)C(=O)[O-].O=C([O-])CCCC(CC1CCC2OC2C1)(CC1CCC2OC2C1)C(=O)[O-]. The number of hydrogen-bond acceptors (Lipinski definition) is 12. The smallest absolute Gasteiger partial charge is 0.0844 e. The van der Waals surface area contributed by atoms with E-state index in [4.69, 9.17) is 18.9 Å². The van der Waals surface area contributed by atoms with Crippen LogP contribution in [0, 0.1) is 46.3 Å². The molecule has 0 N–H and O–H groups in total. The number of ether oxygens (including phenoxy) is 4. The molecule has 8 fully saturated rings. The van der Waals surface area contributed by atoms with Crippen LogP contribution >= 0.6 is 0 Å². The second-order valence-corrected chi connectivity index (χ2v) is 19.0. The number of carbonyl (C=O) groups excluding carboxylic acids is 4. The number of carbonyl (C=O) groups is 4. The fourth-order valence-corrected chi connectivity index (χ4v) is 11.6. The first-order chi connectivity index (χ1) is 25.7. The normalized spacial score (nSPS) is 41.7. The molecular formula is C42H60O12-4. The second kappa shape index (κ2) is 16.3. The Balaban J connectivity index is 0.000000167. The first-order valence-electron chi connectivity index (χ1n) is 21.2. The van der Waals surface area contributed by atoms with Crippen molar-refractivity contribution in [2.24, 2.45) is 46.3 Å². The highest BCUT2D eigenvalue weighted by Gasteiger charge is 2.52. The van der Waals surface area contributed by atoms with Gasteiger partial charge >= 0.3 is 0 Å². The van der Waals surface area contributed by atoms with Crippen molar-refractivity contribution in [3.63, 3.8) is 0 Å². The van der Waals surface area contributed by atoms with Crippen LogP contribution in [-0.4, -0.2) is 72.7 Å². The van der Waals surface area contributed by atoms with Crippen LogP contribution in [0.2, 0.25) is 0 Å². The van der Waals surface area contributed by atoms with Gasteiger partial charge in [0, 0.05) is 34.7 Å². The van der Waals surface area contributed by atoms with Gasteiger partial charge in [0.1, 0.15) is 0 Å². The molecule has 14 unspecified atom stereocenters. The van der Waals surface area contributed by atoms with E-state index in [0.717, 1.165) is 64.2 Å². The fraction of sp³-hybridized carbons (Fsp3) is 0.905. The molecule has 0 aromatic rings. The molecule has 8 rings (SSSR count). The Labute approximate surface area is 319 Å². The maximum atomic E-state index is 12.5. The number of fused-ring (bicyclic) bond motifs is 4. The van der Waals surface area contributed by atoms with Gasteiger partial charge in [-0.25, -0.2) is 0 Å². The summed E-state index contributed by atoms with van der Waals surface area (Å²) in [6.07, 6.45) is 15.9. The Kier molecular flexibility index (Phi) is 12.1. The lowest BCUT2D eigenvalue weighted by atomic mass is 9.62. The molecule has 0 spiro atoms. The monoisotopic (exact) mass is 756 g/mol. The molecular weight excluding hydrogens is 696 g/mol. The molecule has 0 bridgehead atoms. The predicted octanol–water partition coefficient (Wildman–Crippen LogP) is 1.61. The van der Waals surface area contributed by atoms with Gasteiger partial charge in [-0.2, -0.15) is 0 Å². The van der Waals surface area contributed by atoms with Gasteiger partial charge in [0.25, 0.3) is 0 Å². The molecule has 14 atom stereocenters. The lowest BCUT2D eigenvalue weighted by molar-refractivity contribution is -0.323. The molecule has 4 heterocycles. The van der Waals surface area contributed by atoms with Crippen LogP contribution in [-0.2, 0) is 38.1 Å². The molecule has 0 aromatic carbocycles. The molecule has 0 amide bonds. The van der Waals surface area contributed by atoms with E-state index >= 15 is 0 Å². The van der Waals surface area contributed by atoms with E-state index in [1.165, 1.54) is 0 Å². The van der Waals surface area contributed by atoms with Gasteiger partial charge in [-0.15, -0.1) is 0 Å². The Morgan fingerprint density at radius 2 is 0.833 bits per heavy atom. The molecule has 8 aliphatic rings. The van der Waals surface area contributed by atoms with Gasteiger partial charge in [0.15, 0.2) is 0 Å². The predicted molar refractivity (Wildman–Crippen MR) is 184 cm³/mol. The molecule has 304 valence electrons. The van der Waals surface area contributed by atoms with Crippen molar-refractivity contribution in [3.05, 3.63) is 0 Å². The minimum Gasteiger partial charge on any atom is -0.550 e. The van der Waals surface area contributed by atoms with Crippen molar-refractivity contribution < 1.29 is 58.6 Å². The number of carboxylic acids is 4. The summed E-state index contributed by atoms with van der Waals surface area (Å²) >= 11 is 0. The van der Waals surface area contributed by atoms with E-state index in [0.29, 0.717) is 112 Å². The van der Waals surface area contributed by atoms with Crippen LogP contribution in [0.25, 0.3) is 0 Å². The zero-order valence-corrected chi connectivity index (χ0v) is 32.1. The topological polar surface area (TPSA) is 211 Å². The van der Waals surface area contributed by atoms with Gasteiger partial charge in [-0.3, -0.25) is 0 Å². The highest BCUT2D eigenvalue weighted by atomic mass is 16.6. The molecule has 4 saturated carbocycles. The largest absolute Gasteiger partial charge is 0.550 e. The van der Waals surface area contributed by atoms with Crippen molar-refractivity contribution in [1.29, 1.82) is 0 Å². The average Bonchev–Trinajstić information content (AvgIpc) is 3.91. The summed E-state index contributed by atoms with van der Waals surface area (Å²) in [6, 6.07) is 0. The lowest BCUT2D eigenvalue weighted by Crippen LogP contribution is -2.47. The summed E-state index contributed by atoms with van der Waals surface area (Å²) in [6.45, 7) is 4.38. The van der Waals surface area contributed by atoms with Crippen LogP contribution in [0.3, 0.4) is 0 Å². The highest BCUT2D eigenvalue weighted by Crippen LogP contribution is 2.53. The van der Waals surface area contributed by atoms with Gasteiger partial charge in [-0.05, 0) is 164 Å². The standard InChI is InChI=1S/C22H34O6.C20H30O6/c1-12-6-16-18(27-16)8-14(12)10-22(21(25)26,5-3-4-20(23)24)11-15-9-19-17(28-19)7-13(15)2;21-18(22)2-1-7-20(19(23)24,10-12-3-5-14-16(8-12)25-14)11-13-4-6-15-17(9-13)26-15/h12-19H,3-11H2,1-2H3,(H,23,24)(H,25,26);12-17H,1-11H2,(H,21,22)(H,23,24)/p-4. The Hall–Kier alpha value is -2.28. The number of aliphatic carboxylic acids is 4. The van der Waals surface area contributed by atoms with Crippen LogP contribution < -0.4 is 20.4 Å². The van der Waals surface area contributed by atoms with E-state index < -0.39 is 34.7 Å². The van der Waals surface area contributed by atoms with E-state index in [9.17, 15) is 39.6 Å². The average molecular weight is 757 g/mol. The van der Waals surface area contributed by atoms with Crippen molar-refractivity contribution in [1.82, 2.24) is 0 Å². The maximum absolute atomic E-state index is 12.5. The Morgan fingerprint density at radius 1 is 0.481 bits per heavy atom. The third-order valence-electron chi connectivity index (χ3n) is 15.1. The first-order valence-corrected chi connectivity index (χ1v) is 21.2. The molecule has 0 aromatic heterocycles. The van der Waals surface area contributed by atoms with Crippen molar-refractivity contribution in [2.45, 2.75) is 191 Å².